The Morgan fingerprint density at radius 3 is 2.88 bits per heavy atom. The average molecular weight is 248 g/mol. The average Bonchev–Trinajstić information content (AvgIpc) is 2.86. The third-order valence-corrected chi connectivity index (χ3v) is 3.17. The molecule has 17 heavy (non-hydrogen) atoms. The highest BCUT2D eigenvalue weighted by Gasteiger charge is 2.10. The topological polar surface area (TPSA) is 51.2 Å². The summed E-state index contributed by atoms with van der Waals surface area (Å²) < 4.78 is 4.78. The lowest BCUT2D eigenvalue weighted by Gasteiger charge is -1.99. The molecule has 2 aromatic rings. The minimum Gasteiger partial charge on any atom is -0.364 e. The Labute approximate surface area is 103 Å². The lowest BCUT2D eigenvalue weighted by Crippen LogP contribution is -2.24. The zero-order chi connectivity index (χ0) is 12.1. The van der Waals surface area contributed by atoms with Crippen LogP contribution in [0.2, 0.25) is 0 Å². The summed E-state index contributed by atoms with van der Waals surface area (Å²) in [5, 5.41) is 3.46. The molecule has 1 heterocycles. The number of carbonyl (C=O) groups excluding carboxylic acids is 1. The molecular weight excluding hydrogens is 236 g/mol. The molecule has 0 bridgehead atoms. The van der Waals surface area contributed by atoms with Crippen LogP contribution in [0.1, 0.15) is 9.67 Å². The lowest BCUT2D eigenvalue weighted by molar-refractivity contribution is 0.0876. The van der Waals surface area contributed by atoms with Crippen molar-refractivity contribution in [3.63, 3.8) is 0 Å². The van der Waals surface area contributed by atoms with E-state index in [1.807, 2.05) is 30.3 Å². The first-order valence-corrected chi connectivity index (χ1v) is 5.91. The minimum absolute atomic E-state index is 0.161. The van der Waals surface area contributed by atoms with E-state index in [0.29, 0.717) is 4.88 Å². The summed E-state index contributed by atoms with van der Waals surface area (Å²) in [5.74, 6) is -0.161. The van der Waals surface area contributed by atoms with Crippen LogP contribution >= 0.6 is 11.3 Å². The van der Waals surface area contributed by atoms with Gasteiger partial charge in [0.2, 0.25) is 0 Å². The summed E-state index contributed by atoms with van der Waals surface area (Å²) >= 11 is 1.37. The van der Waals surface area contributed by atoms with Crippen molar-refractivity contribution in [2.75, 3.05) is 13.8 Å². The van der Waals surface area contributed by atoms with Crippen molar-refractivity contribution in [3.05, 3.63) is 41.4 Å². The number of thiazole rings is 1. The smallest absolute Gasteiger partial charge is 0.264 e. The molecule has 0 unspecified atom stereocenters. The number of benzene rings is 1. The third-order valence-electron chi connectivity index (χ3n) is 2.13. The van der Waals surface area contributed by atoms with Crippen LogP contribution < -0.4 is 5.32 Å². The fourth-order valence-electron chi connectivity index (χ4n) is 1.32. The van der Waals surface area contributed by atoms with Gasteiger partial charge in [0.15, 0.2) is 0 Å². The molecule has 5 heteroatoms. The highest BCUT2D eigenvalue weighted by molar-refractivity contribution is 7.16. The summed E-state index contributed by atoms with van der Waals surface area (Å²) in [5.41, 5.74) is 1.02. The highest BCUT2D eigenvalue weighted by atomic mass is 32.1. The maximum Gasteiger partial charge on any atom is 0.264 e. The van der Waals surface area contributed by atoms with Gasteiger partial charge < -0.3 is 10.1 Å². The van der Waals surface area contributed by atoms with Gasteiger partial charge in [0.05, 0.1) is 6.20 Å². The molecule has 4 nitrogen and oxygen atoms in total. The van der Waals surface area contributed by atoms with Gasteiger partial charge in [0.1, 0.15) is 16.6 Å². The molecule has 0 saturated carbocycles. The van der Waals surface area contributed by atoms with Crippen LogP contribution in [0, 0.1) is 0 Å². The number of hydrogen-bond donors (Lipinski definition) is 1. The van der Waals surface area contributed by atoms with E-state index in [4.69, 9.17) is 4.74 Å². The van der Waals surface area contributed by atoms with Crippen LogP contribution in [-0.4, -0.2) is 24.7 Å². The van der Waals surface area contributed by atoms with E-state index in [0.717, 1.165) is 10.6 Å². The number of carbonyl (C=O) groups is 1. The van der Waals surface area contributed by atoms with Gasteiger partial charge >= 0.3 is 0 Å². The van der Waals surface area contributed by atoms with E-state index >= 15 is 0 Å². The summed E-state index contributed by atoms with van der Waals surface area (Å²) in [7, 11) is 1.53. The molecule has 0 atom stereocenters. The quantitative estimate of drug-likeness (QED) is 0.843. The van der Waals surface area contributed by atoms with E-state index in [1.54, 1.807) is 6.20 Å². The Morgan fingerprint density at radius 2 is 2.18 bits per heavy atom. The van der Waals surface area contributed by atoms with Crippen molar-refractivity contribution >= 4 is 17.2 Å². The summed E-state index contributed by atoms with van der Waals surface area (Å²) in [6, 6.07) is 9.78. The first kappa shape index (κ1) is 11.8. The van der Waals surface area contributed by atoms with Gasteiger partial charge in [-0.1, -0.05) is 30.3 Å². The molecule has 2 rings (SSSR count). The van der Waals surface area contributed by atoms with Gasteiger partial charge in [0, 0.05) is 12.7 Å². The largest absolute Gasteiger partial charge is 0.364 e. The predicted octanol–water partition coefficient (Wildman–Crippen LogP) is 2.14. The van der Waals surface area contributed by atoms with Crippen LogP contribution in [0.5, 0.6) is 0 Å². The molecule has 1 N–H and O–H groups in total. The number of aromatic nitrogens is 1. The maximum absolute atomic E-state index is 11.6. The minimum atomic E-state index is -0.161. The van der Waals surface area contributed by atoms with Gasteiger partial charge in [-0.2, -0.15) is 0 Å². The highest BCUT2D eigenvalue weighted by Crippen LogP contribution is 2.24. The molecule has 0 aliphatic carbocycles. The molecule has 0 fully saturated rings. The first-order chi connectivity index (χ1) is 8.31. The van der Waals surface area contributed by atoms with Crippen molar-refractivity contribution in [2.24, 2.45) is 0 Å². The SMILES string of the molecule is COCNC(=O)c1cnc(-c2ccccc2)s1. The number of methoxy groups -OCH3 is 1. The Bertz CT molecular complexity index is 496. The van der Waals surface area contributed by atoms with Crippen LogP contribution in [0.3, 0.4) is 0 Å². The Balaban J connectivity index is 2.14. The Hall–Kier alpha value is -1.72. The second-order valence-electron chi connectivity index (χ2n) is 3.33. The van der Waals surface area contributed by atoms with Crippen molar-refractivity contribution in [1.82, 2.24) is 10.3 Å². The zero-order valence-corrected chi connectivity index (χ0v) is 10.2. The van der Waals surface area contributed by atoms with Crippen LogP contribution in [0.25, 0.3) is 10.6 Å². The fraction of sp³-hybridized carbons (Fsp3) is 0.167. The second kappa shape index (κ2) is 5.56. The first-order valence-electron chi connectivity index (χ1n) is 5.09. The van der Waals surface area contributed by atoms with Gasteiger partial charge in [-0.15, -0.1) is 11.3 Å². The number of amides is 1. The molecule has 0 spiro atoms. The van der Waals surface area contributed by atoms with E-state index in [9.17, 15) is 4.79 Å². The molecule has 1 aromatic heterocycles. The summed E-state index contributed by atoms with van der Waals surface area (Å²) in [6.45, 7) is 0.206. The monoisotopic (exact) mass is 248 g/mol. The molecule has 0 radical (unpaired) electrons. The van der Waals surface area contributed by atoms with Crippen molar-refractivity contribution < 1.29 is 9.53 Å². The Kier molecular flexibility index (Phi) is 3.85. The number of ether oxygens (including phenoxy) is 1. The van der Waals surface area contributed by atoms with Crippen molar-refractivity contribution in [3.8, 4) is 10.6 Å². The summed E-state index contributed by atoms with van der Waals surface area (Å²) in [4.78, 5) is 16.4. The molecule has 1 aromatic carbocycles. The van der Waals surface area contributed by atoms with Crippen molar-refractivity contribution in [1.29, 1.82) is 0 Å². The standard InChI is InChI=1S/C12H12N2O2S/c1-16-8-14-11(15)10-7-13-12(17-10)9-5-3-2-4-6-9/h2-7H,8H2,1H3,(H,14,15). The maximum atomic E-state index is 11.6. The third kappa shape index (κ3) is 2.89. The number of hydrogen-bond acceptors (Lipinski definition) is 4. The molecule has 88 valence electrons. The van der Waals surface area contributed by atoms with E-state index < -0.39 is 0 Å². The zero-order valence-electron chi connectivity index (χ0n) is 9.34. The molecular formula is C12H12N2O2S. The van der Waals surface area contributed by atoms with Crippen LogP contribution in [0.4, 0.5) is 0 Å². The van der Waals surface area contributed by atoms with Crippen LogP contribution in [0.15, 0.2) is 36.5 Å². The number of nitrogens with one attached hydrogen (secondary N) is 1. The number of nitrogens with zero attached hydrogens (tertiary/aromatic N) is 1. The summed E-state index contributed by atoms with van der Waals surface area (Å²) in [6.07, 6.45) is 1.58. The van der Waals surface area contributed by atoms with Gasteiger partial charge in [-0.25, -0.2) is 4.98 Å². The molecule has 0 aliphatic rings. The van der Waals surface area contributed by atoms with Gasteiger partial charge in [0.25, 0.3) is 5.91 Å². The molecule has 1 amide bonds. The van der Waals surface area contributed by atoms with Crippen LogP contribution in [-0.2, 0) is 4.74 Å². The lowest BCUT2D eigenvalue weighted by atomic mass is 10.2. The predicted molar refractivity (Wildman–Crippen MR) is 66.9 cm³/mol. The second-order valence-corrected chi connectivity index (χ2v) is 4.37. The molecule has 0 saturated heterocycles. The molecule has 0 aliphatic heterocycles. The van der Waals surface area contributed by atoms with Crippen molar-refractivity contribution in [2.45, 2.75) is 0 Å². The number of rotatable bonds is 4. The fourth-order valence-corrected chi connectivity index (χ4v) is 2.16. The van der Waals surface area contributed by atoms with E-state index in [1.165, 1.54) is 18.4 Å². The normalized spacial score (nSPS) is 10.2. The van der Waals surface area contributed by atoms with Gasteiger partial charge in [-0.3, -0.25) is 4.79 Å². The Morgan fingerprint density at radius 1 is 1.41 bits per heavy atom. The van der Waals surface area contributed by atoms with E-state index in [2.05, 4.69) is 10.3 Å². The van der Waals surface area contributed by atoms with E-state index in [-0.39, 0.29) is 12.6 Å². The van der Waals surface area contributed by atoms with Gasteiger partial charge in [-0.05, 0) is 0 Å².